The van der Waals surface area contributed by atoms with Crippen LogP contribution in [0, 0.1) is 0 Å². The van der Waals surface area contributed by atoms with Gasteiger partial charge in [0, 0.05) is 0 Å². The molecular weight excluding hydrogens is 376 g/mol. The Balaban J connectivity index is 1.91. The molecule has 0 spiro atoms. The summed E-state index contributed by atoms with van der Waals surface area (Å²) in [6.45, 7) is 11.7. The maximum Gasteiger partial charge on any atom is 0.176 e. The van der Waals surface area contributed by atoms with Gasteiger partial charge in [0.1, 0.15) is 0 Å². The summed E-state index contributed by atoms with van der Waals surface area (Å²) < 4.78 is 10.7. The van der Waals surface area contributed by atoms with Crippen molar-refractivity contribution in [2.24, 2.45) is 0 Å². The van der Waals surface area contributed by atoms with Crippen molar-refractivity contribution in [1.82, 2.24) is 0 Å². The molecule has 2 aromatic rings. The van der Waals surface area contributed by atoms with Crippen molar-refractivity contribution in [3.05, 3.63) is 95.1 Å². The summed E-state index contributed by atoms with van der Waals surface area (Å²) in [6.07, 6.45) is 3.78. The van der Waals surface area contributed by atoms with Crippen LogP contribution < -0.4 is 0 Å². The van der Waals surface area contributed by atoms with Crippen molar-refractivity contribution < 1.29 is 19.7 Å². The highest BCUT2D eigenvalue weighted by Gasteiger charge is 2.05. The first-order valence-electron chi connectivity index (χ1n) is 10.1. The molecule has 0 amide bonds. The van der Waals surface area contributed by atoms with Crippen LogP contribution in [0.25, 0.3) is 12.2 Å². The quantitative estimate of drug-likeness (QED) is 0.302. The van der Waals surface area contributed by atoms with E-state index in [4.69, 9.17) is 9.47 Å². The van der Waals surface area contributed by atoms with Crippen molar-refractivity contribution in [3.8, 4) is 0 Å². The SMILES string of the molecule is C=C(C)C(O)OCCc1cccc(/C=C\c2cccc(CCOC(O)C(=C)C)c2)c1. The highest BCUT2D eigenvalue weighted by atomic mass is 16.6. The summed E-state index contributed by atoms with van der Waals surface area (Å²) in [5, 5.41) is 19.3. The Hall–Kier alpha value is -2.50. The molecular formula is C26H32O4. The molecule has 4 nitrogen and oxygen atoms in total. The number of benzene rings is 2. The van der Waals surface area contributed by atoms with Gasteiger partial charge in [-0.15, -0.1) is 0 Å². The molecule has 2 N–H and O–H groups in total. The van der Waals surface area contributed by atoms with Crippen LogP contribution in [0.3, 0.4) is 0 Å². The van der Waals surface area contributed by atoms with E-state index < -0.39 is 12.6 Å². The molecule has 0 saturated carbocycles. The Kier molecular flexibility index (Phi) is 9.71. The molecule has 0 radical (unpaired) electrons. The van der Waals surface area contributed by atoms with E-state index in [0.717, 1.165) is 35.1 Å². The van der Waals surface area contributed by atoms with Crippen molar-refractivity contribution in [2.75, 3.05) is 13.2 Å². The molecule has 0 aliphatic rings. The van der Waals surface area contributed by atoms with Crippen molar-refractivity contribution in [3.63, 3.8) is 0 Å². The van der Waals surface area contributed by atoms with E-state index >= 15 is 0 Å². The predicted molar refractivity (Wildman–Crippen MR) is 123 cm³/mol. The molecule has 0 saturated heterocycles. The van der Waals surface area contributed by atoms with E-state index in [1.165, 1.54) is 0 Å². The van der Waals surface area contributed by atoms with Gasteiger partial charge in [0.25, 0.3) is 0 Å². The van der Waals surface area contributed by atoms with Gasteiger partial charge in [-0.3, -0.25) is 0 Å². The monoisotopic (exact) mass is 408 g/mol. The summed E-state index contributed by atoms with van der Waals surface area (Å²) in [7, 11) is 0. The minimum absolute atomic E-state index is 0.436. The third kappa shape index (κ3) is 8.47. The Morgan fingerprint density at radius 1 is 0.800 bits per heavy atom. The van der Waals surface area contributed by atoms with E-state index in [2.05, 4.69) is 49.6 Å². The highest BCUT2D eigenvalue weighted by molar-refractivity contribution is 5.70. The van der Waals surface area contributed by atoms with Crippen LogP contribution >= 0.6 is 0 Å². The van der Waals surface area contributed by atoms with Crippen molar-refractivity contribution >= 4 is 12.2 Å². The average Bonchev–Trinajstić information content (AvgIpc) is 2.72. The first kappa shape index (κ1) is 23.8. The molecule has 2 atom stereocenters. The van der Waals surface area contributed by atoms with Gasteiger partial charge in [-0.1, -0.05) is 73.8 Å². The molecule has 30 heavy (non-hydrogen) atoms. The summed E-state index contributed by atoms with van der Waals surface area (Å²) >= 11 is 0. The summed E-state index contributed by atoms with van der Waals surface area (Å²) in [4.78, 5) is 0. The van der Waals surface area contributed by atoms with Crippen molar-refractivity contribution in [1.29, 1.82) is 0 Å². The number of aliphatic hydroxyl groups excluding tert-OH is 2. The number of hydrogen-bond acceptors (Lipinski definition) is 4. The Morgan fingerprint density at radius 3 is 1.57 bits per heavy atom. The fraction of sp³-hybridized carbons (Fsp3) is 0.308. The van der Waals surface area contributed by atoms with E-state index in [9.17, 15) is 10.2 Å². The second-order valence-corrected chi connectivity index (χ2v) is 7.46. The molecule has 0 aliphatic heterocycles. The van der Waals surface area contributed by atoms with Crippen LogP contribution in [0.4, 0.5) is 0 Å². The smallest absolute Gasteiger partial charge is 0.176 e. The zero-order valence-electron chi connectivity index (χ0n) is 17.9. The third-order valence-electron chi connectivity index (χ3n) is 4.55. The molecule has 4 heteroatoms. The first-order chi connectivity index (χ1) is 14.3. The first-order valence-corrected chi connectivity index (χ1v) is 10.1. The fourth-order valence-electron chi connectivity index (χ4n) is 2.76. The molecule has 0 fully saturated rings. The summed E-state index contributed by atoms with van der Waals surface area (Å²) in [5.74, 6) is 0. The van der Waals surface area contributed by atoms with Gasteiger partial charge < -0.3 is 19.7 Å². The average molecular weight is 409 g/mol. The fourth-order valence-corrected chi connectivity index (χ4v) is 2.76. The van der Waals surface area contributed by atoms with E-state index in [-0.39, 0.29) is 0 Å². The largest absolute Gasteiger partial charge is 0.364 e. The van der Waals surface area contributed by atoms with E-state index in [1.54, 1.807) is 13.8 Å². The normalized spacial score (nSPS) is 13.3. The number of rotatable bonds is 12. The molecule has 160 valence electrons. The molecule has 0 aliphatic carbocycles. The molecule has 0 bridgehead atoms. The van der Waals surface area contributed by atoms with E-state index in [1.807, 2.05) is 24.3 Å². The Bertz CT molecular complexity index is 797. The lowest BCUT2D eigenvalue weighted by molar-refractivity contribution is -0.0709. The number of hydrogen-bond donors (Lipinski definition) is 2. The molecule has 0 aromatic heterocycles. The van der Waals surface area contributed by atoms with Gasteiger partial charge in [0.05, 0.1) is 13.2 Å². The summed E-state index contributed by atoms with van der Waals surface area (Å²) in [5.41, 5.74) is 5.71. The minimum Gasteiger partial charge on any atom is -0.364 e. The van der Waals surface area contributed by atoms with Gasteiger partial charge in [-0.2, -0.15) is 0 Å². The molecule has 2 rings (SSSR count). The lowest BCUT2D eigenvalue weighted by atomic mass is 10.1. The van der Waals surface area contributed by atoms with Crippen LogP contribution in [-0.2, 0) is 22.3 Å². The van der Waals surface area contributed by atoms with Gasteiger partial charge >= 0.3 is 0 Å². The second kappa shape index (κ2) is 12.3. The Labute approximate surface area is 179 Å². The summed E-state index contributed by atoms with van der Waals surface area (Å²) in [6, 6.07) is 16.5. The lowest BCUT2D eigenvalue weighted by Crippen LogP contribution is -2.14. The van der Waals surface area contributed by atoms with Gasteiger partial charge in [0.15, 0.2) is 12.6 Å². The van der Waals surface area contributed by atoms with Gasteiger partial charge in [-0.25, -0.2) is 0 Å². The molecule has 2 unspecified atom stereocenters. The van der Waals surface area contributed by atoms with E-state index in [0.29, 0.717) is 24.4 Å². The van der Waals surface area contributed by atoms with Crippen LogP contribution in [0.2, 0.25) is 0 Å². The highest BCUT2D eigenvalue weighted by Crippen LogP contribution is 2.14. The van der Waals surface area contributed by atoms with Crippen LogP contribution in [0.15, 0.2) is 72.8 Å². The lowest BCUT2D eigenvalue weighted by Gasteiger charge is -2.11. The van der Waals surface area contributed by atoms with Crippen LogP contribution in [0.1, 0.15) is 36.1 Å². The van der Waals surface area contributed by atoms with Crippen molar-refractivity contribution in [2.45, 2.75) is 39.3 Å². The molecule has 0 heterocycles. The minimum atomic E-state index is -0.908. The van der Waals surface area contributed by atoms with Crippen LogP contribution in [-0.4, -0.2) is 36.0 Å². The molecule has 2 aromatic carbocycles. The Morgan fingerprint density at radius 2 is 1.20 bits per heavy atom. The zero-order valence-corrected chi connectivity index (χ0v) is 17.9. The third-order valence-corrected chi connectivity index (χ3v) is 4.55. The van der Waals surface area contributed by atoms with Gasteiger partial charge in [-0.05, 0) is 60.1 Å². The second-order valence-electron chi connectivity index (χ2n) is 7.46. The number of aliphatic hydroxyl groups is 2. The maximum absolute atomic E-state index is 9.64. The zero-order chi connectivity index (χ0) is 21.9. The number of ether oxygens (including phenoxy) is 2. The standard InChI is InChI=1S/C26H32O4/c1-19(2)25(27)29-15-13-23-9-5-7-21(17-23)11-12-22-8-6-10-24(18-22)14-16-30-26(28)20(3)4/h5-12,17-18,25-28H,1,3,13-16H2,2,4H3/b12-11-. The topological polar surface area (TPSA) is 58.9 Å². The maximum atomic E-state index is 9.64. The van der Waals surface area contributed by atoms with Crippen LogP contribution in [0.5, 0.6) is 0 Å². The van der Waals surface area contributed by atoms with Gasteiger partial charge in [0.2, 0.25) is 0 Å². The predicted octanol–water partition coefficient (Wildman–Crippen LogP) is 4.76.